The minimum atomic E-state index is -1.08. The van der Waals surface area contributed by atoms with Gasteiger partial charge in [0.2, 0.25) is 0 Å². The lowest BCUT2D eigenvalue weighted by atomic mass is 9.83. The van der Waals surface area contributed by atoms with Crippen LogP contribution in [-0.2, 0) is 28.5 Å². The number of nitrogens with zero attached hydrogens (tertiary/aromatic N) is 3. The number of carbonyl (C=O) groups is 2. The van der Waals surface area contributed by atoms with Crippen molar-refractivity contribution in [2.75, 3.05) is 52.8 Å². The molecule has 0 spiro atoms. The minimum Gasteiger partial charge on any atom is -0.463 e. The molecular formula is C16H28BrN3O7. The number of hydrogen-bond acceptors (Lipinski definition) is 8. The molecule has 156 valence electrons. The molecule has 0 fully saturated rings. The zero-order chi connectivity index (χ0) is 20.8. The number of esters is 2. The normalized spacial score (nSPS) is 13.4. The summed E-state index contributed by atoms with van der Waals surface area (Å²) in [5, 5.41) is 12.0. The Morgan fingerprint density at radius 1 is 1.00 bits per heavy atom. The third-order valence-electron chi connectivity index (χ3n) is 3.31. The van der Waals surface area contributed by atoms with Gasteiger partial charge in [-0.15, -0.1) is 0 Å². The highest BCUT2D eigenvalue weighted by Crippen LogP contribution is 2.35. The van der Waals surface area contributed by atoms with Crippen molar-refractivity contribution in [3.8, 4) is 0 Å². The average Bonchev–Trinajstić information content (AvgIpc) is 2.60. The van der Waals surface area contributed by atoms with Gasteiger partial charge in [-0.25, -0.2) is 0 Å². The second-order valence-corrected chi connectivity index (χ2v) is 8.18. The Morgan fingerprint density at radius 2 is 1.56 bits per heavy atom. The second kappa shape index (κ2) is 13.7. The highest BCUT2D eigenvalue weighted by atomic mass is 79.9. The van der Waals surface area contributed by atoms with E-state index in [0.717, 1.165) is 0 Å². The quantitative estimate of drug-likeness (QED) is 0.0996. The number of halogens is 1. The van der Waals surface area contributed by atoms with E-state index in [0.29, 0.717) is 19.8 Å². The van der Waals surface area contributed by atoms with Crippen LogP contribution in [0.4, 0.5) is 0 Å². The molecule has 0 aromatic carbocycles. The number of hydrogen-bond donors (Lipinski definition) is 1. The van der Waals surface area contributed by atoms with Crippen LogP contribution < -0.4 is 0 Å². The molecule has 0 radical (unpaired) electrons. The summed E-state index contributed by atoms with van der Waals surface area (Å²) >= 11 is 3.29. The lowest BCUT2D eigenvalue weighted by Gasteiger charge is -2.30. The Morgan fingerprint density at radius 3 is 2.15 bits per heavy atom. The second-order valence-electron chi connectivity index (χ2n) is 6.43. The molecule has 1 N–H and O–H groups in total. The molecule has 0 saturated carbocycles. The van der Waals surface area contributed by atoms with Gasteiger partial charge in [-0.3, -0.25) is 9.59 Å². The fourth-order valence-corrected chi connectivity index (χ4v) is 2.94. The van der Waals surface area contributed by atoms with Crippen LogP contribution in [0.1, 0.15) is 27.2 Å². The van der Waals surface area contributed by atoms with Crippen molar-refractivity contribution in [1.29, 1.82) is 0 Å². The molecule has 0 rings (SSSR count). The summed E-state index contributed by atoms with van der Waals surface area (Å²) in [5.74, 6) is -1.02. The highest BCUT2D eigenvalue weighted by molar-refractivity contribution is 9.10. The number of aliphatic hydroxyl groups excluding tert-OH is 1. The molecule has 0 aromatic rings. The summed E-state index contributed by atoms with van der Waals surface area (Å²) in [7, 11) is 0. The van der Waals surface area contributed by atoms with Gasteiger partial charge in [0.25, 0.3) is 0 Å². The van der Waals surface area contributed by atoms with E-state index < -0.39 is 21.7 Å². The predicted molar refractivity (Wildman–Crippen MR) is 100 cm³/mol. The van der Waals surface area contributed by atoms with Crippen LogP contribution in [-0.4, -0.2) is 74.2 Å². The van der Waals surface area contributed by atoms with E-state index >= 15 is 0 Å². The molecule has 1 unspecified atom stereocenters. The summed E-state index contributed by atoms with van der Waals surface area (Å²) in [5.41, 5.74) is 7.16. The van der Waals surface area contributed by atoms with Crippen molar-refractivity contribution >= 4 is 27.9 Å². The van der Waals surface area contributed by atoms with E-state index in [9.17, 15) is 9.59 Å². The summed E-state index contributed by atoms with van der Waals surface area (Å²) < 4.78 is 19.5. The summed E-state index contributed by atoms with van der Waals surface area (Å²) in [4.78, 5) is 26.8. The van der Waals surface area contributed by atoms with E-state index in [1.165, 1.54) is 0 Å². The van der Waals surface area contributed by atoms with Gasteiger partial charge in [-0.2, -0.15) is 0 Å². The monoisotopic (exact) mass is 453 g/mol. The molecule has 0 aliphatic carbocycles. The van der Waals surface area contributed by atoms with E-state index in [2.05, 4.69) is 26.0 Å². The molecule has 10 nitrogen and oxygen atoms in total. The third kappa shape index (κ3) is 11.8. The van der Waals surface area contributed by atoms with Crippen LogP contribution in [0.25, 0.3) is 10.4 Å². The lowest BCUT2D eigenvalue weighted by molar-refractivity contribution is -0.158. The van der Waals surface area contributed by atoms with Crippen molar-refractivity contribution in [2.24, 2.45) is 10.5 Å². The number of ether oxygens (including phenoxy) is 4. The summed E-state index contributed by atoms with van der Waals surface area (Å²) in [6, 6.07) is 0. The molecule has 0 aliphatic rings. The maximum absolute atomic E-state index is 12.3. The van der Waals surface area contributed by atoms with Crippen molar-refractivity contribution in [3.05, 3.63) is 10.4 Å². The predicted octanol–water partition coefficient (Wildman–Crippen LogP) is 1.98. The number of alkyl halides is 1. The number of rotatable bonds is 15. The minimum absolute atomic E-state index is 0.0783. The Bertz CT molecular complexity index is 508. The first-order chi connectivity index (χ1) is 12.7. The summed E-state index contributed by atoms with van der Waals surface area (Å²) in [6.07, 6.45) is 0.156. The van der Waals surface area contributed by atoms with Crippen molar-refractivity contribution < 1.29 is 33.6 Å². The smallest absolute Gasteiger partial charge is 0.322 e. The molecule has 0 aliphatic heterocycles. The summed E-state index contributed by atoms with van der Waals surface area (Å²) in [6.45, 7) is 6.14. The highest BCUT2D eigenvalue weighted by Gasteiger charge is 2.42. The maximum Gasteiger partial charge on any atom is 0.322 e. The van der Waals surface area contributed by atoms with E-state index in [-0.39, 0.29) is 39.4 Å². The van der Waals surface area contributed by atoms with Gasteiger partial charge in [-0.1, -0.05) is 21.0 Å². The molecule has 11 heteroatoms. The number of aliphatic hydroxyl groups is 1. The van der Waals surface area contributed by atoms with Gasteiger partial charge < -0.3 is 24.1 Å². The maximum atomic E-state index is 12.3. The van der Waals surface area contributed by atoms with Crippen molar-refractivity contribution in [3.63, 3.8) is 0 Å². The Hall–Kier alpha value is -1.39. The lowest BCUT2D eigenvalue weighted by Crippen LogP contribution is -2.40. The molecule has 0 heterocycles. The fraction of sp³-hybridized carbons (Fsp3) is 0.875. The molecule has 0 bridgehead atoms. The van der Waals surface area contributed by atoms with Crippen molar-refractivity contribution in [2.45, 2.75) is 31.5 Å². The standard InChI is InChI=1S/C16H28BrN3O7/c1-15(2,12-16(3,17)14(23)26-7-5-21)13(22)27-11-10-25-9-8-24-6-4-19-20-18/h21H,4-12H2,1-3H3. The molecule has 1 atom stereocenters. The average molecular weight is 454 g/mol. The fourth-order valence-electron chi connectivity index (χ4n) is 2.12. The van der Waals surface area contributed by atoms with Gasteiger partial charge in [0.1, 0.15) is 17.5 Å². The van der Waals surface area contributed by atoms with E-state index in [4.69, 9.17) is 29.6 Å². The van der Waals surface area contributed by atoms with Gasteiger partial charge in [-0.05, 0) is 32.7 Å². The number of azide groups is 1. The molecule has 27 heavy (non-hydrogen) atoms. The largest absolute Gasteiger partial charge is 0.463 e. The first-order valence-electron chi connectivity index (χ1n) is 8.48. The Labute approximate surface area is 167 Å². The van der Waals surface area contributed by atoms with Gasteiger partial charge in [0, 0.05) is 11.5 Å². The van der Waals surface area contributed by atoms with Crippen LogP contribution in [0.2, 0.25) is 0 Å². The zero-order valence-electron chi connectivity index (χ0n) is 16.0. The van der Waals surface area contributed by atoms with Gasteiger partial charge in [0.15, 0.2) is 0 Å². The van der Waals surface area contributed by atoms with Crippen LogP contribution in [0, 0.1) is 5.41 Å². The molecule has 0 amide bonds. The first kappa shape index (κ1) is 25.6. The molecule has 0 saturated heterocycles. The zero-order valence-corrected chi connectivity index (χ0v) is 17.6. The Kier molecular flexibility index (Phi) is 13.0. The molecule has 0 aromatic heterocycles. The van der Waals surface area contributed by atoms with Gasteiger partial charge >= 0.3 is 11.9 Å². The SMILES string of the molecule is CC(C)(CC(C)(Br)C(=O)OCCO)C(=O)OCCOCCOCCN=[N+]=[N-]. The van der Waals surface area contributed by atoms with E-state index in [1.54, 1.807) is 20.8 Å². The van der Waals surface area contributed by atoms with E-state index in [1.807, 2.05) is 0 Å². The van der Waals surface area contributed by atoms with Crippen LogP contribution in [0.15, 0.2) is 5.11 Å². The first-order valence-corrected chi connectivity index (χ1v) is 9.27. The molecular weight excluding hydrogens is 426 g/mol. The topological polar surface area (TPSA) is 140 Å². The Balaban J connectivity index is 4.07. The van der Waals surface area contributed by atoms with Crippen LogP contribution >= 0.6 is 15.9 Å². The van der Waals surface area contributed by atoms with Crippen molar-refractivity contribution in [1.82, 2.24) is 0 Å². The number of carbonyl (C=O) groups excluding carboxylic acids is 2. The van der Waals surface area contributed by atoms with Crippen LogP contribution in [0.3, 0.4) is 0 Å². The third-order valence-corrected chi connectivity index (χ3v) is 3.91. The van der Waals surface area contributed by atoms with Crippen LogP contribution in [0.5, 0.6) is 0 Å². The van der Waals surface area contributed by atoms with Gasteiger partial charge in [0.05, 0.1) is 38.4 Å².